The summed E-state index contributed by atoms with van der Waals surface area (Å²) in [6.45, 7) is 4.45. The Labute approximate surface area is 177 Å². The molecule has 0 spiro atoms. The zero-order chi connectivity index (χ0) is 20.6. The van der Waals surface area contributed by atoms with Crippen LogP contribution in [-0.2, 0) is 4.79 Å². The molecule has 2 aromatic rings. The van der Waals surface area contributed by atoms with Crippen LogP contribution in [0.25, 0.3) is 0 Å². The van der Waals surface area contributed by atoms with Gasteiger partial charge in [-0.2, -0.15) is 0 Å². The molecule has 2 aromatic carbocycles. The van der Waals surface area contributed by atoms with Crippen molar-refractivity contribution in [2.24, 2.45) is 0 Å². The number of carbonyl (C=O) groups is 1. The maximum absolute atomic E-state index is 12.3. The van der Waals surface area contributed by atoms with E-state index in [9.17, 15) is 4.79 Å². The maximum Gasteiger partial charge on any atom is 0.258 e. The second kappa shape index (κ2) is 10.5. The predicted octanol–water partition coefficient (Wildman–Crippen LogP) is 2.83. The van der Waals surface area contributed by atoms with Gasteiger partial charge in [0, 0.05) is 37.7 Å². The molecule has 0 aliphatic carbocycles. The summed E-state index contributed by atoms with van der Waals surface area (Å²) in [5.41, 5.74) is 1.16. The number of hydrogen-bond acceptors (Lipinski definition) is 5. The van der Waals surface area contributed by atoms with Crippen molar-refractivity contribution in [1.29, 1.82) is 0 Å². The molecule has 1 saturated heterocycles. The van der Waals surface area contributed by atoms with Crippen LogP contribution in [-0.4, -0.2) is 69.2 Å². The first-order valence-electron chi connectivity index (χ1n) is 9.77. The van der Waals surface area contributed by atoms with Crippen molar-refractivity contribution in [2.75, 3.05) is 53.5 Å². The SMILES string of the molecule is COc1ccc(C(CNC(=O)COc2ccc(Cl)cc2)N2CCN(C)CC2)cc1. The minimum atomic E-state index is -0.146. The van der Waals surface area contributed by atoms with Gasteiger partial charge >= 0.3 is 0 Å². The van der Waals surface area contributed by atoms with Crippen LogP contribution in [0.2, 0.25) is 5.02 Å². The molecule has 156 valence electrons. The number of halogens is 1. The number of nitrogens with zero attached hydrogens (tertiary/aromatic N) is 2. The fraction of sp³-hybridized carbons (Fsp3) is 0.409. The van der Waals surface area contributed by atoms with Gasteiger partial charge in [-0.3, -0.25) is 9.69 Å². The summed E-state index contributed by atoms with van der Waals surface area (Å²) in [4.78, 5) is 17.1. The lowest BCUT2D eigenvalue weighted by atomic mass is 10.0. The van der Waals surface area contributed by atoms with Crippen LogP contribution < -0.4 is 14.8 Å². The number of carbonyl (C=O) groups excluding carboxylic acids is 1. The van der Waals surface area contributed by atoms with Crippen molar-refractivity contribution >= 4 is 17.5 Å². The van der Waals surface area contributed by atoms with Gasteiger partial charge in [0.15, 0.2) is 6.61 Å². The molecule has 7 heteroatoms. The van der Waals surface area contributed by atoms with Crippen molar-refractivity contribution in [2.45, 2.75) is 6.04 Å². The summed E-state index contributed by atoms with van der Waals surface area (Å²) in [6, 6.07) is 15.1. The van der Waals surface area contributed by atoms with Gasteiger partial charge in [0.05, 0.1) is 13.2 Å². The van der Waals surface area contributed by atoms with E-state index in [0.717, 1.165) is 37.5 Å². The van der Waals surface area contributed by atoms with Crippen molar-refractivity contribution in [1.82, 2.24) is 15.1 Å². The van der Waals surface area contributed by atoms with Crippen LogP contribution in [0.15, 0.2) is 48.5 Å². The van der Waals surface area contributed by atoms with Gasteiger partial charge in [-0.15, -0.1) is 0 Å². The summed E-state index contributed by atoms with van der Waals surface area (Å²) in [5.74, 6) is 1.30. The van der Waals surface area contributed by atoms with Crippen LogP contribution in [0.4, 0.5) is 0 Å². The largest absolute Gasteiger partial charge is 0.497 e. The lowest BCUT2D eigenvalue weighted by Gasteiger charge is -2.38. The third-order valence-corrected chi connectivity index (χ3v) is 5.41. The topological polar surface area (TPSA) is 54.0 Å². The molecular formula is C22H28ClN3O3. The molecule has 1 unspecified atom stereocenters. The first-order valence-corrected chi connectivity index (χ1v) is 10.1. The van der Waals surface area contributed by atoms with Crippen LogP contribution >= 0.6 is 11.6 Å². The Balaban J connectivity index is 1.59. The highest BCUT2D eigenvalue weighted by Crippen LogP contribution is 2.24. The van der Waals surface area contributed by atoms with Crippen LogP contribution in [0.1, 0.15) is 11.6 Å². The summed E-state index contributed by atoms with van der Waals surface area (Å²) in [5, 5.41) is 3.66. The molecule has 29 heavy (non-hydrogen) atoms. The number of nitrogens with one attached hydrogen (secondary N) is 1. The average molecular weight is 418 g/mol. The van der Waals surface area contributed by atoms with Gasteiger partial charge in [0.2, 0.25) is 0 Å². The van der Waals surface area contributed by atoms with Crippen molar-refractivity contribution in [3.05, 3.63) is 59.1 Å². The fourth-order valence-electron chi connectivity index (χ4n) is 3.36. The molecule has 1 fully saturated rings. The highest BCUT2D eigenvalue weighted by atomic mass is 35.5. The predicted molar refractivity (Wildman–Crippen MR) is 115 cm³/mol. The monoisotopic (exact) mass is 417 g/mol. The van der Waals surface area contributed by atoms with E-state index in [1.54, 1.807) is 31.4 Å². The highest BCUT2D eigenvalue weighted by Gasteiger charge is 2.24. The Morgan fingerprint density at radius 1 is 1.03 bits per heavy atom. The number of benzene rings is 2. The Bertz CT molecular complexity index is 775. The highest BCUT2D eigenvalue weighted by molar-refractivity contribution is 6.30. The molecule has 1 atom stereocenters. The van der Waals surface area contributed by atoms with Crippen LogP contribution in [0.3, 0.4) is 0 Å². The zero-order valence-electron chi connectivity index (χ0n) is 16.9. The molecule has 0 saturated carbocycles. The number of methoxy groups -OCH3 is 1. The molecule has 1 N–H and O–H groups in total. The van der Waals surface area contributed by atoms with Gasteiger partial charge in [-0.25, -0.2) is 0 Å². The Morgan fingerprint density at radius 2 is 1.66 bits per heavy atom. The second-order valence-corrected chi connectivity index (χ2v) is 7.61. The summed E-state index contributed by atoms with van der Waals surface area (Å²) in [6.07, 6.45) is 0. The van der Waals surface area contributed by atoms with Crippen molar-refractivity contribution in [3.63, 3.8) is 0 Å². The van der Waals surface area contributed by atoms with E-state index >= 15 is 0 Å². The third kappa shape index (κ3) is 6.35. The number of hydrogen-bond donors (Lipinski definition) is 1. The van der Waals surface area contributed by atoms with Crippen LogP contribution in [0.5, 0.6) is 11.5 Å². The van der Waals surface area contributed by atoms with Gasteiger partial charge < -0.3 is 19.7 Å². The van der Waals surface area contributed by atoms with Gasteiger partial charge in [-0.1, -0.05) is 23.7 Å². The molecule has 1 heterocycles. The van der Waals surface area contributed by atoms with E-state index in [1.165, 1.54) is 0 Å². The maximum atomic E-state index is 12.3. The van der Waals surface area contributed by atoms with Gasteiger partial charge in [0.1, 0.15) is 11.5 Å². The molecule has 1 amide bonds. The minimum Gasteiger partial charge on any atom is -0.497 e. The quantitative estimate of drug-likeness (QED) is 0.715. The molecular weight excluding hydrogens is 390 g/mol. The van der Waals surface area contributed by atoms with Gasteiger partial charge in [0.25, 0.3) is 5.91 Å². The molecule has 0 radical (unpaired) electrons. The summed E-state index contributed by atoms with van der Waals surface area (Å²) in [7, 11) is 3.80. The third-order valence-electron chi connectivity index (χ3n) is 5.16. The lowest BCUT2D eigenvalue weighted by Crippen LogP contribution is -2.48. The number of ether oxygens (including phenoxy) is 2. The first kappa shape index (κ1) is 21.4. The number of rotatable bonds is 8. The molecule has 1 aliphatic rings. The Hall–Kier alpha value is -2.28. The van der Waals surface area contributed by atoms with E-state index in [2.05, 4.69) is 34.3 Å². The Morgan fingerprint density at radius 3 is 2.28 bits per heavy atom. The van der Waals surface area contributed by atoms with E-state index in [4.69, 9.17) is 21.1 Å². The average Bonchev–Trinajstić information content (AvgIpc) is 2.75. The van der Waals surface area contributed by atoms with Crippen molar-refractivity contribution in [3.8, 4) is 11.5 Å². The minimum absolute atomic E-state index is 0.0281. The van der Waals surface area contributed by atoms with Gasteiger partial charge in [-0.05, 0) is 49.0 Å². The summed E-state index contributed by atoms with van der Waals surface area (Å²) >= 11 is 5.87. The molecule has 0 aromatic heterocycles. The smallest absolute Gasteiger partial charge is 0.258 e. The Kier molecular flexibility index (Phi) is 7.75. The number of likely N-dealkylation sites (N-methyl/N-ethyl adjacent to an activating group) is 1. The summed E-state index contributed by atoms with van der Waals surface area (Å²) < 4.78 is 10.8. The first-order chi connectivity index (χ1) is 14.0. The second-order valence-electron chi connectivity index (χ2n) is 7.17. The number of piperazine rings is 1. The van der Waals surface area contributed by atoms with E-state index < -0.39 is 0 Å². The standard InChI is InChI=1S/C22H28ClN3O3/c1-25-11-13-26(14-12-25)21(17-3-7-19(28-2)8-4-17)15-24-22(27)16-29-20-9-5-18(23)6-10-20/h3-10,21H,11-16H2,1-2H3,(H,24,27). The lowest BCUT2D eigenvalue weighted by molar-refractivity contribution is -0.123. The zero-order valence-corrected chi connectivity index (χ0v) is 17.7. The van der Waals surface area contributed by atoms with E-state index in [1.807, 2.05) is 12.1 Å². The fourth-order valence-corrected chi connectivity index (χ4v) is 3.48. The molecule has 3 rings (SSSR count). The molecule has 6 nitrogen and oxygen atoms in total. The van der Waals surface area contributed by atoms with Crippen molar-refractivity contribution < 1.29 is 14.3 Å². The van der Waals surface area contributed by atoms with Crippen LogP contribution in [0, 0.1) is 0 Å². The normalized spacial score (nSPS) is 16.2. The van der Waals surface area contributed by atoms with E-state index in [-0.39, 0.29) is 18.6 Å². The van der Waals surface area contributed by atoms with E-state index in [0.29, 0.717) is 17.3 Å². The number of amides is 1. The molecule has 1 aliphatic heterocycles. The molecule has 0 bridgehead atoms.